The molecule has 1 heterocycles. The molecule has 0 bridgehead atoms. The number of aliphatic hydroxyl groups excluding tert-OH is 1. The Morgan fingerprint density at radius 2 is 1.76 bits per heavy atom. The number of hydrogen-bond acceptors (Lipinski definition) is 4. The normalized spacial score (nSPS) is 11.6. The number of benzene rings is 1. The quantitative estimate of drug-likeness (QED) is 0.824. The zero-order chi connectivity index (χ0) is 15.6. The molecule has 0 unspecified atom stereocenters. The Morgan fingerprint density at radius 1 is 1.14 bits per heavy atom. The van der Waals surface area contributed by atoms with Crippen molar-refractivity contribution < 1.29 is 26.7 Å². The van der Waals surface area contributed by atoms with Crippen LogP contribution in [0.3, 0.4) is 0 Å². The summed E-state index contributed by atoms with van der Waals surface area (Å²) in [5.74, 6) is -4.64. The van der Waals surface area contributed by atoms with Gasteiger partial charge in [-0.05, 0) is 12.1 Å². The van der Waals surface area contributed by atoms with E-state index in [4.69, 9.17) is 5.11 Å². The number of aliphatic hydroxyl groups is 1. The third kappa shape index (κ3) is 3.55. The van der Waals surface area contributed by atoms with E-state index in [1.54, 1.807) is 0 Å². The fourth-order valence-corrected chi connectivity index (χ4v) is 3.95. The van der Waals surface area contributed by atoms with Gasteiger partial charge in [0.15, 0.2) is 17.5 Å². The highest BCUT2D eigenvalue weighted by Crippen LogP contribution is 2.25. The summed E-state index contributed by atoms with van der Waals surface area (Å²) in [6.45, 7) is -0.123. The maximum absolute atomic E-state index is 13.0. The molecule has 9 heteroatoms. The number of anilines is 1. The van der Waals surface area contributed by atoms with Crippen molar-refractivity contribution in [1.29, 1.82) is 0 Å². The Bertz CT molecular complexity index is 736. The van der Waals surface area contributed by atoms with Gasteiger partial charge in [0.25, 0.3) is 10.0 Å². The molecular weight excluding hydrogens is 327 g/mol. The first-order valence-electron chi connectivity index (χ1n) is 5.70. The second-order valence-corrected chi connectivity index (χ2v) is 7.13. The van der Waals surface area contributed by atoms with Crippen LogP contribution in [0, 0.1) is 17.5 Å². The Labute approximate surface area is 122 Å². The second kappa shape index (κ2) is 6.04. The summed E-state index contributed by atoms with van der Waals surface area (Å²) in [5, 5.41) is 8.78. The summed E-state index contributed by atoms with van der Waals surface area (Å²) in [7, 11) is -4.03. The maximum Gasteiger partial charge on any atom is 0.271 e. The van der Waals surface area contributed by atoms with Gasteiger partial charge in [0.2, 0.25) is 0 Å². The molecule has 0 saturated carbocycles. The number of halogens is 3. The van der Waals surface area contributed by atoms with Crippen LogP contribution in [0.25, 0.3) is 0 Å². The van der Waals surface area contributed by atoms with Crippen molar-refractivity contribution in [1.82, 2.24) is 0 Å². The lowest BCUT2D eigenvalue weighted by Gasteiger charge is -2.07. The molecule has 1 aromatic carbocycles. The van der Waals surface area contributed by atoms with E-state index in [1.165, 1.54) is 12.1 Å². The predicted octanol–water partition coefficient (Wildman–Crippen LogP) is 2.50. The number of hydrogen-bond donors (Lipinski definition) is 2. The summed E-state index contributed by atoms with van der Waals surface area (Å²) < 4.78 is 64.8. The van der Waals surface area contributed by atoms with Gasteiger partial charge in [-0.25, -0.2) is 21.6 Å². The fourth-order valence-electron chi connectivity index (χ4n) is 1.57. The molecule has 0 aliphatic rings. The Kier molecular flexibility index (Phi) is 4.55. The molecule has 0 aliphatic heterocycles. The van der Waals surface area contributed by atoms with E-state index >= 15 is 0 Å². The zero-order valence-corrected chi connectivity index (χ0v) is 12.1. The summed E-state index contributed by atoms with van der Waals surface area (Å²) >= 11 is 0.923. The lowest BCUT2D eigenvalue weighted by Crippen LogP contribution is -2.12. The first-order valence-corrected chi connectivity index (χ1v) is 8.00. The summed E-state index contributed by atoms with van der Waals surface area (Å²) in [4.78, 5) is 0.648. The minimum atomic E-state index is -4.03. The number of sulfonamides is 1. The number of thiophene rings is 1. The molecule has 21 heavy (non-hydrogen) atoms. The molecule has 2 rings (SSSR count). The third-order valence-electron chi connectivity index (χ3n) is 2.50. The highest BCUT2D eigenvalue weighted by molar-refractivity contribution is 7.94. The second-order valence-electron chi connectivity index (χ2n) is 4.05. The molecular formula is C12H10F3NO3S2. The first kappa shape index (κ1) is 15.8. The van der Waals surface area contributed by atoms with E-state index in [0.29, 0.717) is 23.4 Å². The SMILES string of the molecule is O=S(=O)(Nc1cc(F)c(F)c(F)c1)c1ccc(CCO)s1. The Hall–Kier alpha value is -1.58. The molecule has 2 aromatic rings. The van der Waals surface area contributed by atoms with Gasteiger partial charge in [-0.1, -0.05) is 0 Å². The average Bonchev–Trinajstić information content (AvgIpc) is 2.85. The largest absolute Gasteiger partial charge is 0.396 e. The standard InChI is InChI=1S/C12H10F3NO3S2/c13-9-5-7(6-10(14)12(9)15)16-21(18,19)11-2-1-8(20-11)3-4-17/h1-2,5-6,16-17H,3-4H2. The predicted molar refractivity (Wildman–Crippen MR) is 72.2 cm³/mol. The van der Waals surface area contributed by atoms with Crippen LogP contribution in [0.1, 0.15) is 4.88 Å². The van der Waals surface area contributed by atoms with Crippen molar-refractivity contribution >= 4 is 27.0 Å². The number of nitrogens with one attached hydrogen (secondary N) is 1. The van der Waals surface area contributed by atoms with E-state index in [9.17, 15) is 21.6 Å². The summed E-state index contributed by atoms with van der Waals surface area (Å²) in [6.07, 6.45) is 0.306. The highest BCUT2D eigenvalue weighted by atomic mass is 32.2. The molecule has 0 radical (unpaired) electrons. The molecule has 0 spiro atoms. The molecule has 0 fully saturated rings. The smallest absolute Gasteiger partial charge is 0.271 e. The van der Waals surface area contributed by atoms with Crippen molar-refractivity contribution in [2.45, 2.75) is 10.6 Å². The zero-order valence-electron chi connectivity index (χ0n) is 10.4. The fraction of sp³-hybridized carbons (Fsp3) is 0.167. The van der Waals surface area contributed by atoms with E-state index in [2.05, 4.69) is 0 Å². The summed E-state index contributed by atoms with van der Waals surface area (Å²) in [5.41, 5.74) is -0.413. The minimum absolute atomic E-state index is 0.0731. The lowest BCUT2D eigenvalue weighted by atomic mass is 10.3. The van der Waals surface area contributed by atoms with Crippen molar-refractivity contribution in [3.05, 3.63) is 46.6 Å². The van der Waals surface area contributed by atoms with Gasteiger partial charge in [0.05, 0.1) is 5.69 Å². The van der Waals surface area contributed by atoms with E-state index < -0.39 is 33.2 Å². The van der Waals surface area contributed by atoms with Crippen LogP contribution in [0.15, 0.2) is 28.5 Å². The van der Waals surface area contributed by atoms with E-state index in [1.807, 2.05) is 4.72 Å². The van der Waals surface area contributed by atoms with Crippen molar-refractivity contribution in [3.63, 3.8) is 0 Å². The molecule has 0 aliphatic carbocycles. The van der Waals surface area contributed by atoms with Crippen molar-refractivity contribution in [3.8, 4) is 0 Å². The van der Waals surface area contributed by atoms with Crippen LogP contribution >= 0.6 is 11.3 Å². The topological polar surface area (TPSA) is 66.4 Å². The maximum atomic E-state index is 13.0. The average molecular weight is 337 g/mol. The van der Waals surface area contributed by atoms with Crippen LogP contribution in [-0.2, 0) is 16.4 Å². The van der Waals surface area contributed by atoms with Gasteiger partial charge in [0, 0.05) is 30.0 Å². The molecule has 1 aromatic heterocycles. The van der Waals surface area contributed by atoms with Gasteiger partial charge >= 0.3 is 0 Å². The Morgan fingerprint density at radius 3 is 2.33 bits per heavy atom. The van der Waals surface area contributed by atoms with Gasteiger partial charge in [0.1, 0.15) is 4.21 Å². The van der Waals surface area contributed by atoms with Crippen LogP contribution in [0.4, 0.5) is 18.9 Å². The van der Waals surface area contributed by atoms with Crippen LogP contribution in [-0.4, -0.2) is 20.1 Å². The number of rotatable bonds is 5. The van der Waals surface area contributed by atoms with Crippen LogP contribution in [0.5, 0.6) is 0 Å². The van der Waals surface area contributed by atoms with Crippen LogP contribution < -0.4 is 4.72 Å². The first-order chi connectivity index (χ1) is 9.83. The molecule has 0 amide bonds. The van der Waals surface area contributed by atoms with Crippen molar-refractivity contribution in [2.24, 2.45) is 0 Å². The molecule has 0 saturated heterocycles. The van der Waals surface area contributed by atoms with Gasteiger partial charge in [-0.3, -0.25) is 4.72 Å². The van der Waals surface area contributed by atoms with Crippen LogP contribution in [0.2, 0.25) is 0 Å². The highest BCUT2D eigenvalue weighted by Gasteiger charge is 2.19. The monoisotopic (exact) mass is 337 g/mol. The molecule has 0 atom stereocenters. The minimum Gasteiger partial charge on any atom is -0.396 e. The molecule has 4 nitrogen and oxygen atoms in total. The van der Waals surface area contributed by atoms with E-state index in [-0.39, 0.29) is 10.8 Å². The third-order valence-corrected chi connectivity index (χ3v) is 5.51. The summed E-state index contributed by atoms with van der Waals surface area (Å²) in [6, 6.07) is 3.95. The molecule has 114 valence electrons. The van der Waals surface area contributed by atoms with Gasteiger partial charge < -0.3 is 5.11 Å². The van der Waals surface area contributed by atoms with Gasteiger partial charge in [-0.2, -0.15) is 0 Å². The molecule has 2 N–H and O–H groups in total. The Balaban J connectivity index is 2.28. The van der Waals surface area contributed by atoms with Gasteiger partial charge in [-0.15, -0.1) is 11.3 Å². The van der Waals surface area contributed by atoms with Crippen molar-refractivity contribution in [2.75, 3.05) is 11.3 Å². The van der Waals surface area contributed by atoms with E-state index in [0.717, 1.165) is 11.3 Å². The lowest BCUT2D eigenvalue weighted by molar-refractivity contribution is 0.300.